The second-order valence-electron chi connectivity index (χ2n) is 13.5. The molecule has 3 aromatic rings. The van der Waals surface area contributed by atoms with Crippen LogP contribution in [-0.4, -0.2) is 44.7 Å². The van der Waals surface area contributed by atoms with Gasteiger partial charge in [-0.2, -0.15) is 28.8 Å². The Bertz CT molecular complexity index is 1690. The summed E-state index contributed by atoms with van der Waals surface area (Å²) in [6.07, 6.45) is 19.4. The molecule has 0 bridgehead atoms. The maximum atomic E-state index is 13.9. The third kappa shape index (κ3) is 12.6. The second-order valence-corrected chi connectivity index (χ2v) is 14.9. The van der Waals surface area contributed by atoms with Crippen molar-refractivity contribution in [3.8, 4) is 11.5 Å². The van der Waals surface area contributed by atoms with E-state index in [4.69, 9.17) is 4.74 Å². The SMILES string of the molecule is CCCCCCCCCCCCCCCCCC1=NN(c2ccc(Oc3ccccc3)c(S(=O)(=O)O)c2)C(=O)C1N=Nc1ccccc1N(C)C. The number of hydrogen-bond donors (Lipinski definition) is 1. The van der Waals surface area contributed by atoms with Gasteiger partial charge in [0.15, 0.2) is 6.04 Å². The Labute approximate surface area is 304 Å². The highest BCUT2D eigenvalue weighted by Crippen LogP contribution is 2.35. The number of hydrogen-bond acceptors (Lipinski definition) is 8. The zero-order chi connectivity index (χ0) is 36.5. The second kappa shape index (κ2) is 20.7. The molecule has 11 heteroatoms. The molecule has 0 aromatic heterocycles. The van der Waals surface area contributed by atoms with Gasteiger partial charge in [-0.3, -0.25) is 9.35 Å². The number of benzene rings is 3. The van der Waals surface area contributed by atoms with Crippen molar-refractivity contribution in [2.24, 2.45) is 15.3 Å². The van der Waals surface area contributed by atoms with E-state index in [0.29, 0.717) is 23.6 Å². The van der Waals surface area contributed by atoms with Crippen molar-refractivity contribution in [1.29, 1.82) is 0 Å². The van der Waals surface area contributed by atoms with E-state index in [-0.39, 0.29) is 11.4 Å². The summed E-state index contributed by atoms with van der Waals surface area (Å²) >= 11 is 0. The predicted octanol–water partition coefficient (Wildman–Crippen LogP) is 10.9. The number of hydrazone groups is 1. The number of carbonyl (C=O) groups is 1. The Morgan fingerprint density at radius 1 is 0.784 bits per heavy atom. The first-order chi connectivity index (χ1) is 24.7. The minimum Gasteiger partial charge on any atom is -0.456 e. The van der Waals surface area contributed by atoms with E-state index in [1.54, 1.807) is 36.4 Å². The minimum atomic E-state index is -4.71. The predicted molar refractivity (Wildman–Crippen MR) is 206 cm³/mol. The van der Waals surface area contributed by atoms with Gasteiger partial charge in [0.1, 0.15) is 22.1 Å². The van der Waals surface area contributed by atoms with Crippen molar-refractivity contribution >= 4 is 38.8 Å². The van der Waals surface area contributed by atoms with Gasteiger partial charge in [0, 0.05) is 14.1 Å². The molecule has 0 saturated heterocycles. The average Bonchev–Trinajstić information content (AvgIpc) is 3.43. The summed E-state index contributed by atoms with van der Waals surface area (Å²) < 4.78 is 40.7. The van der Waals surface area contributed by atoms with Crippen LogP contribution in [0.2, 0.25) is 0 Å². The number of nitrogens with zero attached hydrogens (tertiary/aromatic N) is 5. The molecule has 4 rings (SSSR count). The molecular formula is C40H55N5O5S. The normalized spacial score (nSPS) is 14.7. The summed E-state index contributed by atoms with van der Waals surface area (Å²) in [6.45, 7) is 2.26. The topological polar surface area (TPSA) is 124 Å². The molecule has 51 heavy (non-hydrogen) atoms. The Balaban J connectivity index is 1.39. The fraction of sp³-hybridized carbons (Fsp3) is 0.500. The van der Waals surface area contributed by atoms with Crippen molar-refractivity contribution in [3.05, 3.63) is 72.8 Å². The van der Waals surface area contributed by atoms with Crippen LogP contribution in [0.25, 0.3) is 0 Å². The van der Waals surface area contributed by atoms with Gasteiger partial charge in [-0.1, -0.05) is 127 Å². The van der Waals surface area contributed by atoms with Gasteiger partial charge in [-0.05, 0) is 55.3 Å². The maximum absolute atomic E-state index is 13.9. The summed E-state index contributed by atoms with van der Waals surface area (Å²) in [5, 5.41) is 14.8. The number of azo groups is 1. The summed E-state index contributed by atoms with van der Waals surface area (Å²) in [7, 11) is -0.876. The molecule has 0 fully saturated rings. The van der Waals surface area contributed by atoms with Crippen LogP contribution in [0.4, 0.5) is 17.1 Å². The van der Waals surface area contributed by atoms with Crippen molar-refractivity contribution in [3.63, 3.8) is 0 Å². The molecule has 1 atom stereocenters. The smallest absolute Gasteiger partial charge is 0.298 e. The van der Waals surface area contributed by atoms with Gasteiger partial charge in [0.2, 0.25) is 0 Å². The molecule has 1 N–H and O–H groups in total. The van der Waals surface area contributed by atoms with Crippen LogP contribution < -0.4 is 14.6 Å². The van der Waals surface area contributed by atoms with Crippen LogP contribution in [0.3, 0.4) is 0 Å². The lowest BCUT2D eigenvalue weighted by Gasteiger charge is -2.16. The van der Waals surface area contributed by atoms with Crippen molar-refractivity contribution in [2.45, 2.75) is 121 Å². The quantitative estimate of drug-likeness (QED) is 0.0591. The third-order valence-corrected chi connectivity index (χ3v) is 9.96. The highest BCUT2D eigenvalue weighted by atomic mass is 32.2. The standard InChI is InChI=1S/C40H55N5O5S/c1-4-5-6-7-8-9-10-11-12-13-14-15-16-17-21-27-35-39(42-41-34-26-22-23-28-36(34)44(2)3)40(46)45(43-35)32-29-30-37(38(31-32)51(47,48)49)50-33-24-19-18-20-25-33/h18-20,22-26,28-31,39H,4-17,21,27H2,1-3H3,(H,47,48,49). The Hall–Kier alpha value is -4.09. The molecule has 10 nitrogen and oxygen atoms in total. The van der Waals surface area contributed by atoms with Gasteiger partial charge in [0.05, 0.1) is 17.1 Å². The first-order valence-corrected chi connectivity index (χ1v) is 20.1. The summed E-state index contributed by atoms with van der Waals surface area (Å²) in [4.78, 5) is 15.3. The van der Waals surface area contributed by atoms with Gasteiger partial charge < -0.3 is 9.64 Å². The zero-order valence-corrected chi connectivity index (χ0v) is 31.4. The number of carbonyl (C=O) groups excluding carboxylic acids is 1. The van der Waals surface area contributed by atoms with E-state index in [1.165, 1.54) is 89.2 Å². The maximum Gasteiger partial charge on any atom is 0.298 e. The van der Waals surface area contributed by atoms with E-state index < -0.39 is 27.0 Å². The highest BCUT2D eigenvalue weighted by Gasteiger charge is 2.37. The monoisotopic (exact) mass is 717 g/mol. The molecule has 1 unspecified atom stereocenters. The zero-order valence-electron chi connectivity index (χ0n) is 30.5. The van der Waals surface area contributed by atoms with E-state index in [0.717, 1.165) is 30.0 Å². The molecule has 3 aromatic carbocycles. The van der Waals surface area contributed by atoms with E-state index in [9.17, 15) is 17.8 Å². The van der Waals surface area contributed by atoms with Crippen LogP contribution >= 0.6 is 0 Å². The fourth-order valence-electron chi connectivity index (χ4n) is 6.23. The van der Waals surface area contributed by atoms with Gasteiger partial charge in [0.25, 0.3) is 16.0 Å². The minimum absolute atomic E-state index is 0.0716. The molecule has 276 valence electrons. The Kier molecular flexibility index (Phi) is 16.1. The van der Waals surface area contributed by atoms with Crippen LogP contribution in [0, 0.1) is 0 Å². The first kappa shape index (κ1) is 39.7. The average molecular weight is 718 g/mol. The molecular weight excluding hydrogens is 663 g/mol. The molecule has 1 heterocycles. The Morgan fingerprint density at radius 2 is 1.35 bits per heavy atom. The lowest BCUT2D eigenvalue weighted by Crippen LogP contribution is -2.30. The van der Waals surface area contributed by atoms with Gasteiger partial charge in [-0.25, -0.2) is 0 Å². The summed E-state index contributed by atoms with van der Waals surface area (Å²) in [5.41, 5.74) is 2.22. The number of amides is 1. The number of para-hydroxylation sites is 2. The van der Waals surface area contributed by atoms with E-state index in [1.807, 2.05) is 43.3 Å². The number of unbranched alkanes of at least 4 members (excludes halogenated alkanes) is 14. The highest BCUT2D eigenvalue weighted by molar-refractivity contribution is 7.86. The van der Waals surface area contributed by atoms with Crippen molar-refractivity contribution < 1.29 is 22.5 Å². The van der Waals surface area contributed by atoms with Gasteiger partial charge >= 0.3 is 0 Å². The summed E-state index contributed by atoms with van der Waals surface area (Å²) in [5.74, 6) is -0.123. The van der Waals surface area contributed by atoms with Crippen LogP contribution in [0.1, 0.15) is 110 Å². The first-order valence-electron chi connectivity index (χ1n) is 18.6. The van der Waals surface area contributed by atoms with Crippen LogP contribution in [0.5, 0.6) is 11.5 Å². The molecule has 0 spiro atoms. The number of ether oxygens (including phenoxy) is 1. The van der Waals surface area contributed by atoms with Crippen LogP contribution in [0.15, 0.2) is 93.0 Å². The molecule has 1 aliphatic rings. The molecule has 0 radical (unpaired) electrons. The lowest BCUT2D eigenvalue weighted by atomic mass is 10.0. The summed E-state index contributed by atoms with van der Waals surface area (Å²) in [6, 6.07) is 19.4. The number of anilines is 2. The van der Waals surface area contributed by atoms with E-state index >= 15 is 0 Å². The largest absolute Gasteiger partial charge is 0.456 e. The lowest BCUT2D eigenvalue weighted by molar-refractivity contribution is -0.117. The number of rotatable bonds is 23. The fourth-order valence-corrected chi connectivity index (χ4v) is 6.87. The van der Waals surface area contributed by atoms with Crippen molar-refractivity contribution in [1.82, 2.24) is 0 Å². The van der Waals surface area contributed by atoms with Gasteiger partial charge in [-0.15, -0.1) is 0 Å². The Morgan fingerprint density at radius 3 is 1.94 bits per heavy atom. The van der Waals surface area contributed by atoms with Crippen LogP contribution in [-0.2, 0) is 14.9 Å². The third-order valence-electron chi connectivity index (χ3n) is 9.09. The van der Waals surface area contributed by atoms with E-state index in [2.05, 4.69) is 22.3 Å². The van der Waals surface area contributed by atoms with Crippen molar-refractivity contribution in [2.75, 3.05) is 24.0 Å². The molecule has 1 amide bonds. The molecule has 1 aliphatic heterocycles. The molecule has 0 aliphatic carbocycles. The molecule has 0 saturated carbocycles.